The van der Waals surface area contributed by atoms with E-state index >= 15 is 0 Å². The van der Waals surface area contributed by atoms with E-state index in [4.69, 9.17) is 20.6 Å². The second kappa shape index (κ2) is 4.83. The molecule has 3 saturated heterocycles. The lowest BCUT2D eigenvalue weighted by Gasteiger charge is -2.58. The summed E-state index contributed by atoms with van der Waals surface area (Å²) in [6.45, 7) is 1.01. The minimum atomic E-state index is -1.26. The van der Waals surface area contributed by atoms with Gasteiger partial charge in [0, 0.05) is 11.1 Å². The van der Waals surface area contributed by atoms with E-state index in [0.717, 1.165) is 24.0 Å². The molecule has 3 heterocycles. The first-order chi connectivity index (χ1) is 10.7. The number of rotatable bonds is 2. The van der Waals surface area contributed by atoms with Gasteiger partial charge in [-0.2, -0.15) is 5.26 Å². The smallest absolute Gasteiger partial charge is 0.313 e. The van der Waals surface area contributed by atoms with Gasteiger partial charge in [0.1, 0.15) is 0 Å². The molecule has 4 fully saturated rings. The van der Waals surface area contributed by atoms with Gasteiger partial charge in [0.15, 0.2) is 6.10 Å². The van der Waals surface area contributed by atoms with E-state index in [-0.39, 0.29) is 5.41 Å². The van der Waals surface area contributed by atoms with Crippen LogP contribution in [0.25, 0.3) is 0 Å². The lowest BCUT2D eigenvalue weighted by Crippen LogP contribution is -2.66. The van der Waals surface area contributed by atoms with Crippen molar-refractivity contribution in [3.63, 3.8) is 0 Å². The van der Waals surface area contributed by atoms with Crippen molar-refractivity contribution in [3.05, 3.63) is 35.4 Å². The minimum absolute atomic E-state index is 0.312. The van der Waals surface area contributed by atoms with Crippen LogP contribution in [0.2, 0.25) is 0 Å². The first-order valence-electron chi connectivity index (χ1n) is 7.65. The van der Waals surface area contributed by atoms with Crippen molar-refractivity contribution < 1.29 is 14.2 Å². The normalized spacial score (nSPS) is 37.1. The highest BCUT2D eigenvalue weighted by molar-refractivity contribution is 5.35. The third-order valence-electron chi connectivity index (χ3n) is 5.30. The minimum Gasteiger partial charge on any atom is -0.323 e. The maximum atomic E-state index is 9.58. The molecule has 0 amide bonds. The summed E-state index contributed by atoms with van der Waals surface area (Å²) in [7, 11) is 0. The van der Waals surface area contributed by atoms with Gasteiger partial charge in [0.25, 0.3) is 0 Å². The van der Waals surface area contributed by atoms with Crippen LogP contribution in [0.15, 0.2) is 24.3 Å². The number of terminal acetylenes is 1. The fourth-order valence-electron chi connectivity index (χ4n) is 3.63. The third-order valence-corrected chi connectivity index (χ3v) is 5.30. The van der Waals surface area contributed by atoms with Crippen molar-refractivity contribution in [1.82, 2.24) is 0 Å². The summed E-state index contributed by atoms with van der Waals surface area (Å²) in [5, 5.41) is 9.58. The molecular formula is C18H17NO3. The van der Waals surface area contributed by atoms with Crippen molar-refractivity contribution in [1.29, 1.82) is 5.26 Å². The fourth-order valence-corrected chi connectivity index (χ4v) is 3.63. The van der Waals surface area contributed by atoms with Gasteiger partial charge in [-0.1, -0.05) is 12.3 Å². The van der Waals surface area contributed by atoms with E-state index in [0.29, 0.717) is 19.1 Å². The van der Waals surface area contributed by atoms with E-state index in [2.05, 4.69) is 12.0 Å². The summed E-state index contributed by atoms with van der Waals surface area (Å²) in [5.74, 6) is 1.77. The van der Waals surface area contributed by atoms with Crippen LogP contribution in [0.4, 0.5) is 0 Å². The molecule has 0 radical (unpaired) electrons. The summed E-state index contributed by atoms with van der Waals surface area (Å²) in [6, 6.07) is 9.65. The zero-order valence-corrected chi connectivity index (χ0v) is 12.2. The van der Waals surface area contributed by atoms with Crippen LogP contribution in [0.3, 0.4) is 0 Å². The largest absolute Gasteiger partial charge is 0.323 e. The number of nitrogens with zero attached hydrogens (tertiary/aromatic N) is 1. The number of fused-ring (bicyclic) bond motifs is 3. The Bertz CT molecular complexity index is 655. The van der Waals surface area contributed by atoms with Crippen molar-refractivity contribution in [2.45, 2.75) is 31.3 Å². The van der Waals surface area contributed by atoms with Gasteiger partial charge < -0.3 is 14.2 Å². The highest BCUT2D eigenvalue weighted by Gasteiger charge is 2.62. The standard InChI is InChI=1S/C18H17NO3/c1-2-13-6-8-15(9-7-13)18-20-11-17(12-21-18,14-4-3-5-14)16(10-19)22-18/h1,6-9,14,16H,3-5,11-12H2. The van der Waals surface area contributed by atoms with Crippen molar-refractivity contribution in [3.8, 4) is 18.4 Å². The van der Waals surface area contributed by atoms with E-state index in [1.54, 1.807) is 0 Å². The molecule has 1 atom stereocenters. The maximum Gasteiger partial charge on any atom is 0.313 e. The van der Waals surface area contributed by atoms with E-state index in [1.165, 1.54) is 6.42 Å². The average molecular weight is 295 g/mol. The summed E-state index contributed by atoms with van der Waals surface area (Å²) < 4.78 is 17.9. The highest BCUT2D eigenvalue weighted by Crippen LogP contribution is 2.55. The molecule has 0 spiro atoms. The molecular weight excluding hydrogens is 278 g/mol. The molecule has 1 aromatic carbocycles. The monoisotopic (exact) mass is 295 g/mol. The van der Waals surface area contributed by atoms with Gasteiger partial charge in [-0.15, -0.1) is 6.42 Å². The molecule has 0 N–H and O–H groups in total. The second-order valence-corrected chi connectivity index (χ2v) is 6.34. The molecule has 4 aliphatic rings. The van der Waals surface area contributed by atoms with Gasteiger partial charge in [-0.25, -0.2) is 0 Å². The van der Waals surface area contributed by atoms with E-state index < -0.39 is 12.1 Å². The quantitative estimate of drug-likeness (QED) is 0.787. The van der Waals surface area contributed by atoms with Crippen LogP contribution >= 0.6 is 0 Å². The molecule has 22 heavy (non-hydrogen) atoms. The molecule has 0 aromatic heterocycles. The van der Waals surface area contributed by atoms with Crippen molar-refractivity contribution in [2.75, 3.05) is 13.2 Å². The first kappa shape index (κ1) is 13.8. The Morgan fingerprint density at radius 3 is 2.32 bits per heavy atom. The van der Waals surface area contributed by atoms with Crippen LogP contribution < -0.4 is 0 Å². The SMILES string of the molecule is C#Cc1ccc(C23OCC(C4CCC4)(CO2)C(C#N)O3)cc1. The number of hydrogen-bond acceptors (Lipinski definition) is 4. The summed E-state index contributed by atoms with van der Waals surface area (Å²) in [4.78, 5) is 0. The molecule has 3 aliphatic heterocycles. The second-order valence-electron chi connectivity index (χ2n) is 6.34. The molecule has 1 saturated carbocycles. The fraction of sp³-hybridized carbons (Fsp3) is 0.500. The zero-order valence-electron chi connectivity index (χ0n) is 12.2. The van der Waals surface area contributed by atoms with Crippen LogP contribution in [0.5, 0.6) is 0 Å². The number of benzene rings is 1. The number of ether oxygens (including phenoxy) is 3. The van der Waals surface area contributed by atoms with Crippen molar-refractivity contribution >= 4 is 0 Å². The summed E-state index contributed by atoms with van der Waals surface area (Å²) in [5.41, 5.74) is 1.22. The maximum absolute atomic E-state index is 9.58. The van der Waals surface area contributed by atoms with Gasteiger partial charge in [-0.05, 0) is 43.0 Å². The highest BCUT2D eigenvalue weighted by atomic mass is 16.9. The van der Waals surface area contributed by atoms with Crippen molar-refractivity contribution in [2.24, 2.45) is 11.3 Å². The molecule has 1 aromatic rings. The van der Waals surface area contributed by atoms with Crippen LogP contribution in [-0.2, 0) is 20.2 Å². The van der Waals surface area contributed by atoms with Gasteiger partial charge >= 0.3 is 5.97 Å². The van der Waals surface area contributed by atoms with Crippen LogP contribution in [0, 0.1) is 35.0 Å². The van der Waals surface area contributed by atoms with E-state index in [9.17, 15) is 5.26 Å². The van der Waals surface area contributed by atoms with Crippen LogP contribution in [-0.4, -0.2) is 19.3 Å². The molecule has 1 unspecified atom stereocenters. The molecule has 5 rings (SSSR count). The molecule has 4 nitrogen and oxygen atoms in total. The Kier molecular flexibility index (Phi) is 3.03. The Morgan fingerprint density at radius 2 is 1.82 bits per heavy atom. The lowest BCUT2D eigenvalue weighted by atomic mass is 9.62. The zero-order chi connectivity index (χ0) is 15.2. The Hall–Kier alpha value is -1.85. The predicted molar refractivity (Wildman–Crippen MR) is 78.2 cm³/mol. The number of nitriles is 1. The molecule has 4 heteroatoms. The topological polar surface area (TPSA) is 51.5 Å². The molecule has 112 valence electrons. The van der Waals surface area contributed by atoms with E-state index in [1.807, 2.05) is 24.3 Å². The number of hydrogen-bond donors (Lipinski definition) is 0. The van der Waals surface area contributed by atoms with Gasteiger partial charge in [0.2, 0.25) is 0 Å². The lowest BCUT2D eigenvalue weighted by molar-refractivity contribution is -0.500. The summed E-state index contributed by atoms with van der Waals surface area (Å²) in [6.07, 6.45) is 8.35. The van der Waals surface area contributed by atoms with Crippen LogP contribution in [0.1, 0.15) is 30.4 Å². The average Bonchev–Trinajstić information content (AvgIpc) is 2.54. The predicted octanol–water partition coefficient (Wildman–Crippen LogP) is 2.53. The first-order valence-corrected chi connectivity index (χ1v) is 7.65. The Balaban J connectivity index is 1.66. The van der Waals surface area contributed by atoms with Gasteiger partial charge in [-0.3, -0.25) is 0 Å². The molecule has 2 bridgehead atoms. The Labute approximate surface area is 130 Å². The molecule has 1 aliphatic carbocycles. The summed E-state index contributed by atoms with van der Waals surface area (Å²) >= 11 is 0. The Morgan fingerprint density at radius 1 is 1.14 bits per heavy atom. The third kappa shape index (κ3) is 1.76. The van der Waals surface area contributed by atoms with Gasteiger partial charge in [0.05, 0.1) is 24.7 Å².